The molecule has 1 rings (SSSR count). The first-order valence-electron chi connectivity index (χ1n) is 6.15. The lowest BCUT2D eigenvalue weighted by Gasteiger charge is -2.32. The minimum absolute atomic E-state index is 0.0422. The van der Waals surface area contributed by atoms with Crippen LogP contribution in [0.4, 0.5) is 0 Å². The van der Waals surface area contributed by atoms with Crippen LogP contribution in [0.5, 0.6) is 0 Å². The van der Waals surface area contributed by atoms with Gasteiger partial charge < -0.3 is 5.32 Å². The highest BCUT2D eigenvalue weighted by atomic mass is 127. The minimum Gasteiger partial charge on any atom is -0.347 e. The lowest BCUT2D eigenvalue weighted by molar-refractivity contribution is 0.0887. The van der Waals surface area contributed by atoms with Gasteiger partial charge in [0.15, 0.2) is 0 Å². The number of halogens is 1. The van der Waals surface area contributed by atoms with Gasteiger partial charge in [0.25, 0.3) is 5.91 Å². The minimum atomic E-state index is -0.0595. The SMILES string of the molecule is CCC(CC)(CC)NC(=O)c1ccccc1I. The van der Waals surface area contributed by atoms with E-state index in [0.717, 1.165) is 28.4 Å². The van der Waals surface area contributed by atoms with E-state index in [1.54, 1.807) is 0 Å². The molecule has 0 radical (unpaired) electrons. The molecule has 0 aromatic heterocycles. The van der Waals surface area contributed by atoms with Gasteiger partial charge in [-0.3, -0.25) is 4.79 Å². The summed E-state index contributed by atoms with van der Waals surface area (Å²) in [6.45, 7) is 6.38. The monoisotopic (exact) mass is 345 g/mol. The largest absolute Gasteiger partial charge is 0.347 e. The summed E-state index contributed by atoms with van der Waals surface area (Å²) in [5.74, 6) is 0.0422. The molecule has 0 heterocycles. The second-order valence-electron chi connectivity index (χ2n) is 4.27. The number of amides is 1. The second-order valence-corrected chi connectivity index (χ2v) is 5.44. The molecule has 0 saturated carbocycles. The summed E-state index contributed by atoms with van der Waals surface area (Å²) < 4.78 is 1.000. The van der Waals surface area contributed by atoms with Gasteiger partial charge in [-0.2, -0.15) is 0 Å². The third kappa shape index (κ3) is 3.44. The van der Waals surface area contributed by atoms with E-state index in [1.165, 1.54) is 0 Å². The Morgan fingerprint density at radius 2 is 1.71 bits per heavy atom. The number of benzene rings is 1. The fourth-order valence-electron chi connectivity index (χ4n) is 1.97. The molecule has 1 amide bonds. The van der Waals surface area contributed by atoms with E-state index >= 15 is 0 Å². The summed E-state index contributed by atoms with van der Waals surface area (Å²) in [6, 6.07) is 7.69. The van der Waals surface area contributed by atoms with Crippen LogP contribution in [-0.2, 0) is 0 Å². The van der Waals surface area contributed by atoms with Crippen molar-refractivity contribution in [1.29, 1.82) is 0 Å². The van der Waals surface area contributed by atoms with E-state index in [9.17, 15) is 4.79 Å². The van der Waals surface area contributed by atoms with E-state index in [4.69, 9.17) is 0 Å². The van der Waals surface area contributed by atoms with Crippen molar-refractivity contribution < 1.29 is 4.79 Å². The molecule has 0 atom stereocenters. The first-order chi connectivity index (χ1) is 8.08. The first-order valence-corrected chi connectivity index (χ1v) is 7.23. The van der Waals surface area contributed by atoms with Gasteiger partial charge in [0.2, 0.25) is 0 Å². The van der Waals surface area contributed by atoms with E-state index in [2.05, 4.69) is 48.7 Å². The van der Waals surface area contributed by atoms with Crippen LogP contribution in [0.3, 0.4) is 0 Å². The van der Waals surface area contributed by atoms with Crippen molar-refractivity contribution >= 4 is 28.5 Å². The molecule has 1 aromatic rings. The average Bonchev–Trinajstić information content (AvgIpc) is 2.36. The summed E-state index contributed by atoms with van der Waals surface area (Å²) in [6.07, 6.45) is 2.90. The molecule has 0 aliphatic carbocycles. The van der Waals surface area contributed by atoms with Crippen LogP contribution in [0.1, 0.15) is 50.4 Å². The van der Waals surface area contributed by atoms with Crippen molar-refractivity contribution in [2.75, 3.05) is 0 Å². The Balaban J connectivity index is 2.89. The molecular formula is C14H20INO. The highest BCUT2D eigenvalue weighted by molar-refractivity contribution is 14.1. The summed E-state index contributed by atoms with van der Waals surface area (Å²) in [5.41, 5.74) is 0.712. The summed E-state index contributed by atoms with van der Waals surface area (Å²) >= 11 is 2.20. The van der Waals surface area contributed by atoms with Gasteiger partial charge in [-0.15, -0.1) is 0 Å². The Labute approximate surface area is 117 Å². The van der Waals surface area contributed by atoms with Crippen LogP contribution >= 0.6 is 22.6 Å². The standard InChI is InChI=1S/C14H20INO/c1-4-14(5-2,6-3)16-13(17)11-9-7-8-10-12(11)15/h7-10H,4-6H2,1-3H3,(H,16,17). The molecule has 0 bridgehead atoms. The Morgan fingerprint density at radius 1 is 1.18 bits per heavy atom. The van der Waals surface area contributed by atoms with Gasteiger partial charge in [0.05, 0.1) is 5.56 Å². The molecule has 1 N–H and O–H groups in total. The second kappa shape index (κ2) is 6.38. The normalized spacial score (nSPS) is 11.3. The van der Waals surface area contributed by atoms with Gasteiger partial charge in [-0.25, -0.2) is 0 Å². The summed E-state index contributed by atoms with van der Waals surface area (Å²) in [4.78, 5) is 12.2. The van der Waals surface area contributed by atoms with Crippen molar-refractivity contribution in [1.82, 2.24) is 5.32 Å². The zero-order valence-electron chi connectivity index (χ0n) is 10.7. The number of nitrogens with one attached hydrogen (secondary N) is 1. The lowest BCUT2D eigenvalue weighted by atomic mass is 9.89. The zero-order valence-corrected chi connectivity index (χ0v) is 12.9. The van der Waals surface area contributed by atoms with Gasteiger partial charge in [0, 0.05) is 9.11 Å². The molecule has 0 unspecified atom stereocenters. The first kappa shape index (κ1) is 14.5. The average molecular weight is 345 g/mol. The quantitative estimate of drug-likeness (QED) is 0.804. The third-order valence-corrected chi connectivity index (χ3v) is 4.47. The number of carbonyl (C=O) groups is 1. The summed E-state index contributed by atoms with van der Waals surface area (Å²) in [7, 11) is 0. The molecule has 3 heteroatoms. The van der Waals surface area contributed by atoms with Crippen LogP contribution in [-0.4, -0.2) is 11.4 Å². The molecule has 1 aromatic carbocycles. The molecular weight excluding hydrogens is 325 g/mol. The predicted octanol–water partition coefficient (Wildman–Crippen LogP) is 3.99. The lowest BCUT2D eigenvalue weighted by Crippen LogP contribution is -2.47. The van der Waals surface area contributed by atoms with Crippen molar-refractivity contribution in [3.63, 3.8) is 0 Å². The molecule has 0 aliphatic rings. The third-order valence-electron chi connectivity index (χ3n) is 3.53. The smallest absolute Gasteiger partial charge is 0.252 e. The molecule has 0 fully saturated rings. The van der Waals surface area contributed by atoms with E-state index in [1.807, 2.05) is 24.3 Å². The molecule has 0 saturated heterocycles. The maximum atomic E-state index is 12.2. The van der Waals surface area contributed by atoms with Gasteiger partial charge in [0.1, 0.15) is 0 Å². The van der Waals surface area contributed by atoms with E-state index in [0.29, 0.717) is 0 Å². The van der Waals surface area contributed by atoms with Crippen molar-refractivity contribution in [2.45, 2.75) is 45.6 Å². The number of rotatable bonds is 5. The van der Waals surface area contributed by atoms with Crippen LogP contribution in [0.15, 0.2) is 24.3 Å². The molecule has 0 aliphatic heterocycles. The molecule has 0 spiro atoms. The highest BCUT2D eigenvalue weighted by Gasteiger charge is 2.26. The van der Waals surface area contributed by atoms with Crippen molar-refractivity contribution in [2.24, 2.45) is 0 Å². The maximum absolute atomic E-state index is 12.2. The Bertz CT molecular complexity index is 377. The van der Waals surface area contributed by atoms with E-state index in [-0.39, 0.29) is 11.4 Å². The van der Waals surface area contributed by atoms with Crippen molar-refractivity contribution in [3.8, 4) is 0 Å². The van der Waals surface area contributed by atoms with Gasteiger partial charge >= 0.3 is 0 Å². The Hall–Kier alpha value is -0.580. The number of carbonyl (C=O) groups excluding carboxylic acids is 1. The van der Waals surface area contributed by atoms with Crippen LogP contribution in [0.2, 0.25) is 0 Å². The molecule has 2 nitrogen and oxygen atoms in total. The number of hydrogen-bond acceptors (Lipinski definition) is 1. The fraction of sp³-hybridized carbons (Fsp3) is 0.500. The number of hydrogen-bond donors (Lipinski definition) is 1. The molecule has 17 heavy (non-hydrogen) atoms. The van der Waals surface area contributed by atoms with Crippen LogP contribution in [0.25, 0.3) is 0 Å². The van der Waals surface area contributed by atoms with Gasteiger partial charge in [-0.05, 0) is 54.0 Å². The highest BCUT2D eigenvalue weighted by Crippen LogP contribution is 2.21. The Kier molecular flexibility index (Phi) is 5.43. The molecule has 94 valence electrons. The van der Waals surface area contributed by atoms with Crippen LogP contribution in [0, 0.1) is 3.57 Å². The van der Waals surface area contributed by atoms with Gasteiger partial charge in [-0.1, -0.05) is 32.9 Å². The Morgan fingerprint density at radius 3 is 2.18 bits per heavy atom. The van der Waals surface area contributed by atoms with Crippen molar-refractivity contribution in [3.05, 3.63) is 33.4 Å². The van der Waals surface area contributed by atoms with E-state index < -0.39 is 0 Å². The topological polar surface area (TPSA) is 29.1 Å². The predicted molar refractivity (Wildman–Crippen MR) is 80.2 cm³/mol. The zero-order chi connectivity index (χ0) is 12.9. The van der Waals surface area contributed by atoms with Crippen LogP contribution < -0.4 is 5.32 Å². The fourth-order valence-corrected chi connectivity index (χ4v) is 2.60. The summed E-state index contributed by atoms with van der Waals surface area (Å²) in [5, 5.41) is 3.19. The maximum Gasteiger partial charge on any atom is 0.252 e.